The molecule has 106 valence electrons. The Bertz CT molecular complexity index is 593. The standard InChI is InChI=1S/C16H20N2O2/c1-10(2)13-6-5-11(3)15(9-13)17-18-16(19)14-7-8-20-12(14)4/h5,7-8,13H,1,6,9H2,2-4H3,(H,18,19)/b17-15-/t13-/m1/s1. The third kappa shape index (κ3) is 3.07. The van der Waals surface area contributed by atoms with Crippen LogP contribution in [0.3, 0.4) is 0 Å². The molecule has 0 fully saturated rings. The molecule has 1 amide bonds. The summed E-state index contributed by atoms with van der Waals surface area (Å²) in [5, 5.41) is 4.26. The zero-order valence-corrected chi connectivity index (χ0v) is 12.2. The van der Waals surface area contributed by atoms with Crippen LogP contribution in [0.2, 0.25) is 0 Å². The molecule has 1 aliphatic carbocycles. The Morgan fingerprint density at radius 2 is 2.25 bits per heavy atom. The molecule has 20 heavy (non-hydrogen) atoms. The zero-order chi connectivity index (χ0) is 14.7. The van der Waals surface area contributed by atoms with Crippen molar-refractivity contribution in [3.63, 3.8) is 0 Å². The Kier molecular flexibility index (Phi) is 4.23. The van der Waals surface area contributed by atoms with Gasteiger partial charge in [-0.2, -0.15) is 5.10 Å². The van der Waals surface area contributed by atoms with Gasteiger partial charge in [-0.1, -0.05) is 18.2 Å². The van der Waals surface area contributed by atoms with E-state index in [0.717, 1.165) is 29.7 Å². The van der Waals surface area contributed by atoms with Crippen molar-refractivity contribution in [2.24, 2.45) is 11.0 Å². The molecule has 1 aromatic heterocycles. The van der Waals surface area contributed by atoms with Gasteiger partial charge in [0.05, 0.1) is 17.5 Å². The molecule has 0 unspecified atom stereocenters. The van der Waals surface area contributed by atoms with Gasteiger partial charge in [-0.15, -0.1) is 0 Å². The molecule has 0 radical (unpaired) electrons. The van der Waals surface area contributed by atoms with Gasteiger partial charge in [0.2, 0.25) is 0 Å². The second kappa shape index (κ2) is 5.90. The molecular formula is C16H20N2O2. The molecular weight excluding hydrogens is 252 g/mol. The molecule has 1 heterocycles. The quantitative estimate of drug-likeness (QED) is 0.675. The molecule has 0 saturated carbocycles. The van der Waals surface area contributed by atoms with Gasteiger partial charge in [0.1, 0.15) is 5.76 Å². The number of hydrogen-bond donors (Lipinski definition) is 1. The molecule has 0 bridgehead atoms. The highest BCUT2D eigenvalue weighted by molar-refractivity contribution is 6.02. The highest BCUT2D eigenvalue weighted by Gasteiger charge is 2.19. The van der Waals surface area contributed by atoms with Gasteiger partial charge in [-0.05, 0) is 51.2 Å². The number of nitrogens with zero attached hydrogens (tertiary/aromatic N) is 1. The van der Waals surface area contributed by atoms with Gasteiger partial charge in [-0.25, -0.2) is 5.43 Å². The third-order valence-corrected chi connectivity index (χ3v) is 3.70. The Morgan fingerprint density at radius 3 is 2.85 bits per heavy atom. The van der Waals surface area contributed by atoms with Crippen LogP contribution in [0.25, 0.3) is 0 Å². The van der Waals surface area contributed by atoms with E-state index in [9.17, 15) is 4.79 Å². The molecule has 0 aromatic carbocycles. The predicted molar refractivity (Wildman–Crippen MR) is 79.6 cm³/mol. The maximum atomic E-state index is 12.0. The number of aryl methyl sites for hydroxylation is 1. The van der Waals surface area contributed by atoms with Crippen molar-refractivity contribution in [3.05, 3.63) is 47.5 Å². The number of rotatable bonds is 3. The fourth-order valence-electron chi connectivity index (χ4n) is 2.22. The van der Waals surface area contributed by atoms with Crippen LogP contribution < -0.4 is 5.43 Å². The Labute approximate surface area is 119 Å². The normalized spacial score (nSPS) is 20.6. The third-order valence-electron chi connectivity index (χ3n) is 3.70. The lowest BCUT2D eigenvalue weighted by molar-refractivity contribution is 0.0953. The monoisotopic (exact) mass is 272 g/mol. The van der Waals surface area contributed by atoms with Crippen molar-refractivity contribution in [2.75, 3.05) is 0 Å². The number of furan rings is 1. The van der Waals surface area contributed by atoms with Crippen LogP contribution in [0.1, 0.15) is 42.8 Å². The van der Waals surface area contributed by atoms with Crippen LogP contribution in [0.4, 0.5) is 0 Å². The van der Waals surface area contributed by atoms with Crippen LogP contribution in [0.15, 0.2) is 45.6 Å². The van der Waals surface area contributed by atoms with E-state index in [1.807, 2.05) is 13.8 Å². The number of nitrogens with one attached hydrogen (secondary N) is 1. The number of carbonyl (C=O) groups is 1. The van der Waals surface area contributed by atoms with E-state index in [0.29, 0.717) is 17.2 Å². The minimum Gasteiger partial charge on any atom is -0.469 e. The lowest BCUT2D eigenvalue weighted by Crippen LogP contribution is -2.23. The Hall–Kier alpha value is -2.10. The fraction of sp³-hybridized carbons (Fsp3) is 0.375. The van der Waals surface area contributed by atoms with Crippen LogP contribution >= 0.6 is 0 Å². The van der Waals surface area contributed by atoms with Gasteiger partial charge in [-0.3, -0.25) is 4.79 Å². The molecule has 0 saturated heterocycles. The van der Waals surface area contributed by atoms with E-state index in [1.165, 1.54) is 6.26 Å². The highest BCUT2D eigenvalue weighted by atomic mass is 16.3. The minimum absolute atomic E-state index is 0.242. The molecule has 4 nitrogen and oxygen atoms in total. The Balaban J connectivity index is 2.09. The summed E-state index contributed by atoms with van der Waals surface area (Å²) in [4.78, 5) is 12.0. The second-order valence-corrected chi connectivity index (χ2v) is 5.26. The lowest BCUT2D eigenvalue weighted by Gasteiger charge is -2.22. The first-order chi connectivity index (χ1) is 9.49. The summed E-state index contributed by atoms with van der Waals surface area (Å²) in [6, 6.07) is 1.64. The number of hydrazone groups is 1. The van der Waals surface area contributed by atoms with Crippen molar-refractivity contribution < 1.29 is 9.21 Å². The average molecular weight is 272 g/mol. The SMILES string of the molecule is C=C(C)[C@@H]1CC=C(C)/C(=N\NC(=O)c2ccoc2C)C1. The first-order valence-electron chi connectivity index (χ1n) is 6.72. The van der Waals surface area contributed by atoms with Crippen molar-refractivity contribution in [1.29, 1.82) is 0 Å². The summed E-state index contributed by atoms with van der Waals surface area (Å²) in [5.41, 5.74) is 6.31. The van der Waals surface area contributed by atoms with Gasteiger partial charge < -0.3 is 4.42 Å². The van der Waals surface area contributed by atoms with Crippen LogP contribution in [-0.4, -0.2) is 11.6 Å². The topological polar surface area (TPSA) is 54.6 Å². The maximum Gasteiger partial charge on any atom is 0.274 e. The van der Waals surface area contributed by atoms with E-state index >= 15 is 0 Å². The summed E-state index contributed by atoms with van der Waals surface area (Å²) in [6.07, 6.45) is 5.47. The maximum absolute atomic E-state index is 12.0. The number of allylic oxidation sites excluding steroid dienone is 3. The zero-order valence-electron chi connectivity index (χ0n) is 12.2. The highest BCUT2D eigenvalue weighted by Crippen LogP contribution is 2.26. The Morgan fingerprint density at radius 1 is 1.50 bits per heavy atom. The van der Waals surface area contributed by atoms with E-state index in [4.69, 9.17) is 4.42 Å². The smallest absolute Gasteiger partial charge is 0.274 e. The van der Waals surface area contributed by atoms with Gasteiger partial charge in [0.15, 0.2) is 0 Å². The molecule has 1 aromatic rings. The summed E-state index contributed by atoms with van der Waals surface area (Å²) in [6.45, 7) is 9.81. The number of hydrogen-bond acceptors (Lipinski definition) is 3. The van der Waals surface area contributed by atoms with E-state index in [2.05, 4.69) is 23.2 Å². The van der Waals surface area contributed by atoms with Crippen molar-refractivity contribution >= 4 is 11.6 Å². The number of amides is 1. The average Bonchev–Trinajstić information content (AvgIpc) is 2.83. The molecule has 4 heteroatoms. The lowest BCUT2D eigenvalue weighted by atomic mass is 9.85. The molecule has 1 atom stereocenters. The van der Waals surface area contributed by atoms with Gasteiger partial charge in [0.25, 0.3) is 5.91 Å². The molecule has 2 rings (SSSR count). The van der Waals surface area contributed by atoms with Gasteiger partial charge in [0, 0.05) is 0 Å². The fourth-order valence-corrected chi connectivity index (χ4v) is 2.22. The summed E-state index contributed by atoms with van der Waals surface area (Å²) in [7, 11) is 0. The summed E-state index contributed by atoms with van der Waals surface area (Å²) < 4.78 is 5.11. The molecule has 1 aliphatic rings. The largest absolute Gasteiger partial charge is 0.469 e. The van der Waals surface area contributed by atoms with E-state index in [1.54, 1.807) is 13.0 Å². The predicted octanol–water partition coefficient (Wildman–Crippen LogP) is 3.61. The molecule has 0 aliphatic heterocycles. The first kappa shape index (κ1) is 14.3. The van der Waals surface area contributed by atoms with E-state index in [-0.39, 0.29) is 5.91 Å². The first-order valence-corrected chi connectivity index (χ1v) is 6.72. The minimum atomic E-state index is -0.242. The van der Waals surface area contributed by atoms with Crippen LogP contribution in [0, 0.1) is 12.8 Å². The van der Waals surface area contributed by atoms with Crippen molar-refractivity contribution in [1.82, 2.24) is 5.43 Å². The van der Waals surface area contributed by atoms with E-state index < -0.39 is 0 Å². The van der Waals surface area contributed by atoms with Crippen LogP contribution in [-0.2, 0) is 0 Å². The van der Waals surface area contributed by atoms with Crippen molar-refractivity contribution in [3.8, 4) is 0 Å². The van der Waals surface area contributed by atoms with Gasteiger partial charge >= 0.3 is 0 Å². The number of carbonyl (C=O) groups excluding carboxylic acids is 1. The molecule has 1 N–H and O–H groups in total. The second-order valence-electron chi connectivity index (χ2n) is 5.26. The molecule has 0 spiro atoms. The summed E-state index contributed by atoms with van der Waals surface area (Å²) >= 11 is 0. The van der Waals surface area contributed by atoms with Crippen molar-refractivity contribution in [2.45, 2.75) is 33.6 Å². The van der Waals surface area contributed by atoms with Crippen LogP contribution in [0.5, 0.6) is 0 Å². The summed E-state index contributed by atoms with van der Waals surface area (Å²) in [5.74, 6) is 0.762.